The molecular formula is C25H19ClN4S. The highest BCUT2D eigenvalue weighted by Crippen LogP contribution is 2.35. The smallest absolute Gasteiger partial charge is 0.189 e. The number of rotatable bonds is 4. The molecule has 0 aliphatic carbocycles. The van der Waals surface area contributed by atoms with Gasteiger partial charge in [0.25, 0.3) is 0 Å². The van der Waals surface area contributed by atoms with E-state index in [1.807, 2.05) is 53.2 Å². The van der Waals surface area contributed by atoms with Crippen molar-refractivity contribution in [3.63, 3.8) is 0 Å². The number of aryl methyl sites for hydroxylation is 1. The topological polar surface area (TPSA) is 43.1 Å². The minimum absolute atomic E-state index is 0.657. The van der Waals surface area contributed by atoms with Crippen LogP contribution in [0.3, 0.4) is 0 Å². The molecular weight excluding hydrogens is 424 g/mol. The molecule has 0 unspecified atom stereocenters. The fourth-order valence-electron chi connectivity index (χ4n) is 3.54. The summed E-state index contributed by atoms with van der Waals surface area (Å²) < 4.78 is 1.92. The van der Waals surface area contributed by atoms with E-state index in [9.17, 15) is 0 Å². The molecule has 31 heavy (non-hydrogen) atoms. The summed E-state index contributed by atoms with van der Waals surface area (Å²) in [6, 6.07) is 26.2. The number of benzene rings is 3. The molecule has 0 saturated carbocycles. The van der Waals surface area contributed by atoms with Crippen LogP contribution in [0.1, 0.15) is 5.56 Å². The van der Waals surface area contributed by atoms with Crippen molar-refractivity contribution in [3.05, 3.63) is 89.4 Å². The minimum atomic E-state index is 0.657. The molecule has 5 aromatic rings. The van der Waals surface area contributed by atoms with Crippen LogP contribution in [-0.4, -0.2) is 25.8 Å². The summed E-state index contributed by atoms with van der Waals surface area (Å²) in [6.07, 6.45) is 2.01. The van der Waals surface area contributed by atoms with Gasteiger partial charge in [-0.25, -0.2) is 14.5 Å². The van der Waals surface area contributed by atoms with Crippen LogP contribution in [-0.2, 0) is 0 Å². The second-order valence-electron chi connectivity index (χ2n) is 7.23. The Bertz CT molecular complexity index is 1360. The second kappa shape index (κ2) is 8.17. The van der Waals surface area contributed by atoms with E-state index in [0.717, 1.165) is 38.8 Å². The number of hydrogen-bond acceptors (Lipinski definition) is 4. The zero-order valence-corrected chi connectivity index (χ0v) is 18.7. The van der Waals surface area contributed by atoms with Gasteiger partial charge >= 0.3 is 0 Å². The number of thioether (sulfide) groups is 1. The molecule has 0 bridgehead atoms. The largest absolute Gasteiger partial charge is 0.224 e. The number of nitrogens with zero attached hydrogens (tertiary/aromatic N) is 4. The monoisotopic (exact) mass is 442 g/mol. The Balaban J connectivity index is 1.85. The third-order valence-corrected chi connectivity index (χ3v) is 6.00. The van der Waals surface area contributed by atoms with Crippen LogP contribution in [0, 0.1) is 6.92 Å². The summed E-state index contributed by atoms with van der Waals surface area (Å²) >= 11 is 7.73. The van der Waals surface area contributed by atoms with Crippen LogP contribution in [0.4, 0.5) is 0 Å². The van der Waals surface area contributed by atoms with E-state index in [1.54, 1.807) is 11.8 Å². The molecule has 6 heteroatoms. The van der Waals surface area contributed by atoms with E-state index in [1.165, 1.54) is 5.56 Å². The molecule has 0 radical (unpaired) electrons. The van der Waals surface area contributed by atoms with Gasteiger partial charge < -0.3 is 0 Å². The summed E-state index contributed by atoms with van der Waals surface area (Å²) in [5.41, 5.74) is 6.73. The van der Waals surface area contributed by atoms with E-state index >= 15 is 0 Å². The van der Waals surface area contributed by atoms with E-state index in [-0.39, 0.29) is 0 Å². The summed E-state index contributed by atoms with van der Waals surface area (Å²) in [5.74, 6) is 0.657. The normalized spacial score (nSPS) is 11.2. The number of hydrogen-bond donors (Lipinski definition) is 0. The Kier molecular flexibility index (Phi) is 5.22. The summed E-state index contributed by atoms with van der Waals surface area (Å²) in [5, 5.41) is 6.40. The van der Waals surface area contributed by atoms with Crippen LogP contribution in [0.2, 0.25) is 5.02 Å². The molecule has 2 aromatic heterocycles. The second-order valence-corrected chi connectivity index (χ2v) is 8.44. The van der Waals surface area contributed by atoms with Gasteiger partial charge in [0, 0.05) is 21.7 Å². The Labute approximate surface area is 190 Å². The number of fused-ring (bicyclic) bond motifs is 1. The molecule has 0 spiro atoms. The third kappa shape index (κ3) is 3.71. The maximum atomic E-state index is 6.16. The quantitative estimate of drug-likeness (QED) is 0.287. The molecule has 0 aliphatic rings. The molecule has 2 heterocycles. The maximum Gasteiger partial charge on any atom is 0.189 e. The van der Waals surface area contributed by atoms with Gasteiger partial charge in [-0.15, -0.1) is 5.10 Å². The molecule has 0 aliphatic heterocycles. The van der Waals surface area contributed by atoms with Crippen LogP contribution in [0.15, 0.2) is 84.0 Å². The van der Waals surface area contributed by atoms with Crippen molar-refractivity contribution < 1.29 is 0 Å². The highest BCUT2D eigenvalue weighted by molar-refractivity contribution is 7.98. The lowest BCUT2D eigenvalue weighted by molar-refractivity contribution is 0.806. The maximum absolute atomic E-state index is 6.16. The minimum Gasteiger partial charge on any atom is -0.224 e. The lowest BCUT2D eigenvalue weighted by Gasteiger charge is -2.10. The molecule has 0 N–H and O–H groups in total. The van der Waals surface area contributed by atoms with Gasteiger partial charge in [-0.05, 0) is 25.3 Å². The van der Waals surface area contributed by atoms with Crippen LogP contribution in [0.25, 0.3) is 39.4 Å². The van der Waals surface area contributed by atoms with Gasteiger partial charge in [-0.1, -0.05) is 95.7 Å². The predicted octanol–water partition coefficient (Wildman–Crippen LogP) is 6.81. The van der Waals surface area contributed by atoms with Crippen molar-refractivity contribution in [2.45, 2.75) is 12.1 Å². The Hall–Kier alpha value is -3.15. The van der Waals surface area contributed by atoms with E-state index in [0.29, 0.717) is 10.8 Å². The average molecular weight is 443 g/mol. The van der Waals surface area contributed by atoms with Crippen molar-refractivity contribution in [1.82, 2.24) is 19.6 Å². The van der Waals surface area contributed by atoms with Crippen molar-refractivity contribution in [2.24, 2.45) is 0 Å². The molecule has 0 saturated heterocycles. The zero-order valence-electron chi connectivity index (χ0n) is 17.1. The summed E-state index contributed by atoms with van der Waals surface area (Å²) in [4.78, 5) is 9.94. The van der Waals surface area contributed by atoms with Crippen molar-refractivity contribution >= 4 is 28.9 Å². The van der Waals surface area contributed by atoms with E-state index < -0.39 is 0 Å². The molecule has 0 atom stereocenters. The van der Waals surface area contributed by atoms with E-state index in [2.05, 4.69) is 43.3 Å². The number of aromatic nitrogens is 4. The highest BCUT2D eigenvalue weighted by Gasteiger charge is 2.21. The Morgan fingerprint density at radius 3 is 2.03 bits per heavy atom. The third-order valence-electron chi connectivity index (χ3n) is 5.12. The predicted molar refractivity (Wildman–Crippen MR) is 129 cm³/mol. The first-order valence-electron chi connectivity index (χ1n) is 9.87. The Morgan fingerprint density at radius 1 is 0.742 bits per heavy atom. The molecule has 0 fully saturated rings. The Morgan fingerprint density at radius 2 is 1.35 bits per heavy atom. The number of halogens is 1. The lowest BCUT2D eigenvalue weighted by atomic mass is 10.1. The van der Waals surface area contributed by atoms with Crippen LogP contribution < -0.4 is 0 Å². The van der Waals surface area contributed by atoms with Gasteiger partial charge in [0.15, 0.2) is 11.0 Å². The molecule has 4 nitrogen and oxygen atoms in total. The highest BCUT2D eigenvalue weighted by atomic mass is 35.5. The summed E-state index contributed by atoms with van der Waals surface area (Å²) in [7, 11) is 0. The lowest BCUT2D eigenvalue weighted by Crippen LogP contribution is -2.02. The molecule has 5 rings (SSSR count). The first-order valence-corrected chi connectivity index (χ1v) is 11.5. The average Bonchev–Trinajstić information content (AvgIpc) is 3.19. The number of imidazole rings is 1. The summed E-state index contributed by atoms with van der Waals surface area (Å²) in [6.45, 7) is 2.07. The molecule has 152 valence electrons. The first-order chi connectivity index (χ1) is 15.1. The fraction of sp³-hybridized carbons (Fsp3) is 0.0800. The van der Waals surface area contributed by atoms with Gasteiger partial charge in [-0.3, -0.25) is 0 Å². The van der Waals surface area contributed by atoms with Crippen molar-refractivity contribution in [2.75, 3.05) is 6.26 Å². The standard InChI is InChI=1S/C25H19ClN4S/c1-16-8-10-19(11-9-16)24-27-21(18-12-14-20(26)15-13-18)23-22(17-6-4-3-5-7-17)28-25(31-2)30(23)29-24/h3-15H,1-2H3. The van der Waals surface area contributed by atoms with E-state index in [4.69, 9.17) is 26.7 Å². The fourth-order valence-corrected chi connectivity index (χ4v) is 4.15. The van der Waals surface area contributed by atoms with Crippen LogP contribution in [0.5, 0.6) is 0 Å². The van der Waals surface area contributed by atoms with Crippen molar-refractivity contribution in [3.8, 4) is 33.9 Å². The van der Waals surface area contributed by atoms with Gasteiger partial charge in [0.05, 0.1) is 0 Å². The first kappa shape index (κ1) is 19.8. The molecule has 0 amide bonds. The zero-order chi connectivity index (χ0) is 21.4. The van der Waals surface area contributed by atoms with Gasteiger partial charge in [0.1, 0.15) is 16.9 Å². The van der Waals surface area contributed by atoms with Gasteiger partial charge in [-0.2, -0.15) is 0 Å². The van der Waals surface area contributed by atoms with Gasteiger partial charge in [0.2, 0.25) is 0 Å². The van der Waals surface area contributed by atoms with Crippen molar-refractivity contribution in [1.29, 1.82) is 0 Å². The SMILES string of the molecule is CSc1nc(-c2ccccc2)c2c(-c3ccc(Cl)cc3)nc(-c3ccc(C)cc3)nn12. The molecule has 3 aromatic carbocycles. The van der Waals surface area contributed by atoms with Crippen LogP contribution >= 0.6 is 23.4 Å².